The normalized spacial score (nSPS) is 12.2. The number of aromatic nitrogens is 4. The van der Waals surface area contributed by atoms with Crippen molar-refractivity contribution in [2.45, 2.75) is 0 Å². The lowest BCUT2D eigenvalue weighted by molar-refractivity contribution is 1.02. The molecule has 5 aromatic heterocycles. The first-order valence-electron chi connectivity index (χ1n) is 17.4. The maximum Gasteiger partial charge on any atom is 0.236 e. The van der Waals surface area contributed by atoms with Crippen LogP contribution in [-0.4, -0.2) is 19.1 Å². The van der Waals surface area contributed by atoms with Crippen molar-refractivity contribution in [2.75, 3.05) is 0 Å². The Morgan fingerprint density at radius 1 is 0.385 bits per heavy atom. The first kappa shape index (κ1) is 28.4. The van der Waals surface area contributed by atoms with Crippen molar-refractivity contribution in [3.63, 3.8) is 0 Å². The predicted octanol–water partition coefficient (Wildman–Crippen LogP) is 13.1. The minimum atomic E-state index is 0.688. The Hall–Kier alpha value is -6.34. The van der Waals surface area contributed by atoms with Crippen LogP contribution in [0.15, 0.2) is 158 Å². The van der Waals surface area contributed by atoms with Crippen LogP contribution in [0.5, 0.6) is 0 Å². The summed E-state index contributed by atoms with van der Waals surface area (Å²) < 4.78 is 8.42. The van der Waals surface area contributed by atoms with Crippen LogP contribution in [0.25, 0.3) is 107 Å². The Morgan fingerprint density at radius 2 is 1.00 bits per heavy atom. The summed E-state index contributed by atoms with van der Waals surface area (Å²) in [5, 5.41) is 9.71. The molecule has 0 aliphatic carbocycles. The zero-order chi connectivity index (χ0) is 33.9. The molecule has 0 saturated heterocycles. The number of para-hydroxylation sites is 3. The summed E-state index contributed by atoms with van der Waals surface area (Å²) in [5.74, 6) is 0.688. The van der Waals surface area contributed by atoms with Crippen LogP contribution in [0.1, 0.15) is 0 Å². The van der Waals surface area contributed by atoms with E-state index in [0.29, 0.717) is 5.95 Å². The summed E-state index contributed by atoms with van der Waals surface area (Å²) in [6, 6.07) is 56.9. The third-order valence-electron chi connectivity index (χ3n) is 10.6. The molecule has 0 bridgehead atoms. The minimum Gasteiger partial charge on any atom is -0.309 e. The van der Waals surface area contributed by atoms with Gasteiger partial charge in [-0.25, -0.2) is 9.97 Å². The second-order valence-corrected chi connectivity index (χ2v) is 15.5. The van der Waals surface area contributed by atoms with Crippen molar-refractivity contribution in [1.29, 1.82) is 0 Å². The van der Waals surface area contributed by atoms with Crippen LogP contribution in [0.3, 0.4) is 0 Å². The maximum absolute atomic E-state index is 5.57. The molecule has 0 atom stereocenters. The maximum atomic E-state index is 5.57. The van der Waals surface area contributed by atoms with Gasteiger partial charge in [0.1, 0.15) is 4.83 Å². The molecule has 0 saturated carbocycles. The van der Waals surface area contributed by atoms with E-state index in [4.69, 9.17) is 9.97 Å². The Labute approximate surface area is 305 Å². The van der Waals surface area contributed by atoms with E-state index >= 15 is 0 Å². The molecule has 6 heteroatoms. The molecular formula is C46H26N4S2. The zero-order valence-electron chi connectivity index (χ0n) is 27.6. The highest BCUT2D eigenvalue weighted by Crippen LogP contribution is 2.43. The smallest absolute Gasteiger partial charge is 0.236 e. The van der Waals surface area contributed by atoms with E-state index in [1.807, 2.05) is 11.3 Å². The van der Waals surface area contributed by atoms with Crippen LogP contribution in [0.2, 0.25) is 0 Å². The largest absolute Gasteiger partial charge is 0.309 e. The van der Waals surface area contributed by atoms with Gasteiger partial charge in [0.2, 0.25) is 5.95 Å². The van der Waals surface area contributed by atoms with Gasteiger partial charge in [-0.15, -0.1) is 22.7 Å². The van der Waals surface area contributed by atoms with E-state index in [9.17, 15) is 0 Å². The monoisotopic (exact) mass is 698 g/mol. The molecule has 0 spiro atoms. The fourth-order valence-electron chi connectivity index (χ4n) is 8.30. The third-order valence-corrected chi connectivity index (χ3v) is 12.8. The Morgan fingerprint density at radius 3 is 1.79 bits per heavy atom. The van der Waals surface area contributed by atoms with Crippen molar-refractivity contribution in [1.82, 2.24) is 19.1 Å². The van der Waals surface area contributed by atoms with E-state index in [-0.39, 0.29) is 0 Å². The van der Waals surface area contributed by atoms with Crippen molar-refractivity contribution in [2.24, 2.45) is 0 Å². The molecule has 0 N–H and O–H groups in total. The topological polar surface area (TPSA) is 35.6 Å². The summed E-state index contributed by atoms with van der Waals surface area (Å²) >= 11 is 3.58. The molecule has 12 aromatic rings. The first-order valence-corrected chi connectivity index (χ1v) is 19.0. The molecule has 242 valence electrons. The SMILES string of the molecule is c1ccc(-n2c3ccccc3c3cc(-c4nc(-n5c6ccccc6c6cc7c(cc65)sc5ccccc57)nc5sc6ccccc6c45)ccc32)cc1. The van der Waals surface area contributed by atoms with Gasteiger partial charge >= 0.3 is 0 Å². The lowest BCUT2D eigenvalue weighted by Crippen LogP contribution is -2.02. The molecule has 5 heterocycles. The van der Waals surface area contributed by atoms with Gasteiger partial charge in [-0.05, 0) is 60.7 Å². The third kappa shape index (κ3) is 3.90. The van der Waals surface area contributed by atoms with E-state index in [1.165, 1.54) is 62.8 Å². The number of thiophene rings is 2. The molecule has 0 aliphatic heterocycles. The second kappa shape index (κ2) is 10.6. The van der Waals surface area contributed by atoms with Crippen LogP contribution in [0, 0.1) is 0 Å². The summed E-state index contributed by atoms with van der Waals surface area (Å²) in [5.41, 5.74) is 7.76. The summed E-state index contributed by atoms with van der Waals surface area (Å²) in [7, 11) is 0. The fourth-order valence-corrected chi connectivity index (χ4v) is 10.5. The highest BCUT2D eigenvalue weighted by Gasteiger charge is 2.22. The number of hydrogen-bond donors (Lipinski definition) is 0. The van der Waals surface area contributed by atoms with Gasteiger partial charge in [0, 0.05) is 68.4 Å². The number of benzene rings is 7. The van der Waals surface area contributed by atoms with E-state index in [2.05, 4.69) is 167 Å². The highest BCUT2D eigenvalue weighted by molar-refractivity contribution is 7.26. The van der Waals surface area contributed by atoms with Gasteiger partial charge in [0.25, 0.3) is 0 Å². The lowest BCUT2D eigenvalue weighted by atomic mass is 10.0. The molecule has 0 amide bonds. The average molecular weight is 699 g/mol. The van der Waals surface area contributed by atoms with Crippen molar-refractivity contribution in [3.05, 3.63) is 158 Å². The van der Waals surface area contributed by atoms with Gasteiger partial charge in [0.15, 0.2) is 0 Å². The van der Waals surface area contributed by atoms with Crippen LogP contribution < -0.4 is 0 Å². The molecule has 0 unspecified atom stereocenters. The molecule has 4 nitrogen and oxygen atoms in total. The molecule has 7 aromatic carbocycles. The molecule has 52 heavy (non-hydrogen) atoms. The molecule has 0 radical (unpaired) electrons. The lowest BCUT2D eigenvalue weighted by Gasteiger charge is -2.11. The van der Waals surface area contributed by atoms with E-state index in [0.717, 1.165) is 38.2 Å². The highest BCUT2D eigenvalue weighted by atomic mass is 32.1. The molecular weight excluding hydrogens is 673 g/mol. The zero-order valence-corrected chi connectivity index (χ0v) is 29.2. The fraction of sp³-hybridized carbons (Fsp3) is 0. The van der Waals surface area contributed by atoms with E-state index in [1.54, 1.807) is 11.3 Å². The minimum absolute atomic E-state index is 0.688. The molecule has 0 aliphatic rings. The number of hydrogen-bond acceptors (Lipinski definition) is 4. The Kier molecular flexibility index (Phi) is 5.78. The van der Waals surface area contributed by atoms with Crippen LogP contribution in [0.4, 0.5) is 0 Å². The van der Waals surface area contributed by atoms with Crippen molar-refractivity contribution < 1.29 is 0 Å². The van der Waals surface area contributed by atoms with Gasteiger partial charge in [-0.2, -0.15) is 0 Å². The average Bonchev–Trinajstić information content (AvgIpc) is 3.94. The number of nitrogens with zero attached hydrogens (tertiary/aromatic N) is 4. The Bertz CT molecular complexity index is 3420. The quantitative estimate of drug-likeness (QED) is 0.184. The molecule has 12 rings (SSSR count). The standard InChI is InChI=1S/C46H26N4S2/c1-2-12-28(13-3-1)49-36-18-8-4-14-29(36)33-24-27(22-23-38(33)49)44-43-32-17-7-11-21-41(32)52-45(43)48-46(47-44)50-37-19-9-5-15-30(37)34-25-35-31-16-6-10-20-40(31)51-42(35)26-39(34)50/h1-26H. The van der Waals surface area contributed by atoms with Crippen molar-refractivity contribution >= 4 is 107 Å². The van der Waals surface area contributed by atoms with Gasteiger partial charge in [-0.3, -0.25) is 4.57 Å². The first-order chi connectivity index (χ1) is 25.8. The predicted molar refractivity (Wildman–Crippen MR) is 222 cm³/mol. The summed E-state index contributed by atoms with van der Waals surface area (Å²) in [6.45, 7) is 0. The number of fused-ring (bicyclic) bond motifs is 12. The summed E-state index contributed by atoms with van der Waals surface area (Å²) in [6.07, 6.45) is 0. The van der Waals surface area contributed by atoms with Gasteiger partial charge < -0.3 is 4.57 Å². The summed E-state index contributed by atoms with van der Waals surface area (Å²) in [4.78, 5) is 11.9. The van der Waals surface area contributed by atoms with Crippen LogP contribution in [-0.2, 0) is 0 Å². The van der Waals surface area contributed by atoms with Crippen molar-refractivity contribution in [3.8, 4) is 22.9 Å². The second-order valence-electron chi connectivity index (χ2n) is 13.4. The van der Waals surface area contributed by atoms with Crippen LogP contribution >= 0.6 is 22.7 Å². The van der Waals surface area contributed by atoms with Gasteiger partial charge in [-0.1, -0.05) is 97.1 Å². The van der Waals surface area contributed by atoms with Gasteiger partial charge in [0.05, 0.1) is 27.8 Å². The number of rotatable bonds is 3. The van der Waals surface area contributed by atoms with E-state index < -0.39 is 0 Å². The molecule has 0 fully saturated rings. The Balaban J connectivity index is 1.18.